The molecule has 2 aliphatic rings. The molecule has 2 bridgehead atoms. The highest BCUT2D eigenvalue weighted by atomic mass is 35.5. The molecule has 0 saturated carbocycles. The van der Waals surface area contributed by atoms with Gasteiger partial charge in [-0.3, -0.25) is 4.79 Å². The van der Waals surface area contributed by atoms with Gasteiger partial charge in [0, 0.05) is 31.6 Å². The average molecular weight is 275 g/mol. The van der Waals surface area contributed by atoms with Gasteiger partial charge in [0.25, 0.3) is 0 Å². The Hall–Kier alpha value is -0.280. The molecule has 106 valence electrons. The Balaban J connectivity index is 0.00000162. The molecule has 0 radical (unpaired) electrons. The minimum atomic E-state index is 0. The monoisotopic (exact) mass is 274 g/mol. The number of amides is 1. The molecule has 0 aromatic rings. The van der Waals surface area contributed by atoms with Gasteiger partial charge in [0.2, 0.25) is 5.91 Å². The van der Waals surface area contributed by atoms with Crippen molar-refractivity contribution in [2.45, 2.75) is 64.5 Å². The van der Waals surface area contributed by atoms with Gasteiger partial charge in [0.15, 0.2) is 0 Å². The van der Waals surface area contributed by atoms with Gasteiger partial charge >= 0.3 is 0 Å². The first-order chi connectivity index (χ1) is 8.19. The molecule has 2 aliphatic heterocycles. The van der Waals surface area contributed by atoms with E-state index >= 15 is 0 Å². The fraction of sp³-hybridized carbons (Fsp3) is 0.929. The maximum atomic E-state index is 12.2. The van der Waals surface area contributed by atoms with Crippen molar-refractivity contribution in [1.29, 1.82) is 0 Å². The van der Waals surface area contributed by atoms with Gasteiger partial charge in [0.1, 0.15) is 0 Å². The second kappa shape index (κ2) is 7.34. The number of hydrogen-bond donors (Lipinski definition) is 1. The fourth-order valence-corrected chi connectivity index (χ4v) is 3.19. The molecular formula is C14H27ClN2O. The van der Waals surface area contributed by atoms with Crippen LogP contribution in [-0.4, -0.2) is 36.0 Å². The molecule has 1 N–H and O–H groups in total. The molecule has 4 heteroatoms. The van der Waals surface area contributed by atoms with E-state index in [2.05, 4.69) is 24.1 Å². The number of likely N-dealkylation sites (tertiary alicyclic amines) is 1. The summed E-state index contributed by atoms with van der Waals surface area (Å²) in [5, 5.41) is 3.62. The summed E-state index contributed by atoms with van der Waals surface area (Å²) in [4.78, 5) is 14.3. The minimum absolute atomic E-state index is 0. The van der Waals surface area contributed by atoms with E-state index in [1.807, 2.05) is 0 Å². The third-order valence-corrected chi connectivity index (χ3v) is 4.18. The van der Waals surface area contributed by atoms with Crippen molar-refractivity contribution in [1.82, 2.24) is 10.2 Å². The van der Waals surface area contributed by atoms with E-state index in [4.69, 9.17) is 0 Å². The van der Waals surface area contributed by atoms with Crippen LogP contribution in [0.5, 0.6) is 0 Å². The van der Waals surface area contributed by atoms with Crippen molar-refractivity contribution in [3.05, 3.63) is 0 Å². The Kier molecular flexibility index (Phi) is 6.44. The van der Waals surface area contributed by atoms with E-state index < -0.39 is 0 Å². The molecule has 2 rings (SSSR count). The summed E-state index contributed by atoms with van der Waals surface area (Å²) in [6.45, 7) is 6.29. The maximum absolute atomic E-state index is 12.2. The molecule has 0 spiro atoms. The van der Waals surface area contributed by atoms with Crippen molar-refractivity contribution >= 4 is 18.3 Å². The zero-order chi connectivity index (χ0) is 12.3. The Morgan fingerprint density at radius 3 is 2.78 bits per heavy atom. The van der Waals surface area contributed by atoms with E-state index in [1.54, 1.807) is 0 Å². The lowest BCUT2D eigenvalue weighted by molar-refractivity contribution is -0.132. The number of hydrogen-bond acceptors (Lipinski definition) is 2. The smallest absolute Gasteiger partial charge is 0.222 e. The van der Waals surface area contributed by atoms with Crippen LogP contribution >= 0.6 is 12.4 Å². The van der Waals surface area contributed by atoms with Crippen molar-refractivity contribution in [2.24, 2.45) is 5.92 Å². The van der Waals surface area contributed by atoms with Crippen LogP contribution in [0.1, 0.15) is 52.4 Å². The molecule has 0 aliphatic carbocycles. The van der Waals surface area contributed by atoms with Gasteiger partial charge < -0.3 is 10.2 Å². The number of nitrogens with one attached hydrogen (secondary N) is 1. The van der Waals surface area contributed by atoms with Crippen LogP contribution in [0.3, 0.4) is 0 Å². The first kappa shape index (κ1) is 15.8. The van der Waals surface area contributed by atoms with E-state index in [0.717, 1.165) is 25.9 Å². The number of fused-ring (bicyclic) bond motifs is 2. The van der Waals surface area contributed by atoms with Crippen LogP contribution in [0.4, 0.5) is 0 Å². The highest BCUT2D eigenvalue weighted by Gasteiger charge is 2.31. The van der Waals surface area contributed by atoms with E-state index in [9.17, 15) is 4.79 Å². The summed E-state index contributed by atoms with van der Waals surface area (Å²) in [5.41, 5.74) is 0. The zero-order valence-electron chi connectivity index (χ0n) is 11.7. The third-order valence-electron chi connectivity index (χ3n) is 4.18. The molecule has 2 heterocycles. The van der Waals surface area contributed by atoms with E-state index in [-0.39, 0.29) is 12.4 Å². The first-order valence-electron chi connectivity index (χ1n) is 7.23. The third kappa shape index (κ3) is 4.13. The lowest BCUT2D eigenvalue weighted by Crippen LogP contribution is -2.39. The average Bonchev–Trinajstić information content (AvgIpc) is 2.58. The quantitative estimate of drug-likeness (QED) is 0.855. The van der Waals surface area contributed by atoms with Crippen LogP contribution in [0, 0.1) is 5.92 Å². The Labute approximate surface area is 117 Å². The zero-order valence-corrected chi connectivity index (χ0v) is 12.5. The van der Waals surface area contributed by atoms with Crippen molar-refractivity contribution in [3.8, 4) is 0 Å². The number of rotatable bonds is 4. The SMILES string of the molecule is CCCC(C)CC(=O)N1CCC2CCC(C1)N2.Cl. The van der Waals surface area contributed by atoms with Crippen LogP contribution in [-0.2, 0) is 4.79 Å². The normalized spacial score (nSPS) is 28.4. The predicted molar refractivity (Wildman–Crippen MR) is 77.1 cm³/mol. The summed E-state index contributed by atoms with van der Waals surface area (Å²) in [7, 11) is 0. The summed E-state index contributed by atoms with van der Waals surface area (Å²) < 4.78 is 0. The topological polar surface area (TPSA) is 32.3 Å². The molecule has 0 aromatic heterocycles. The number of carbonyl (C=O) groups excluding carboxylic acids is 1. The molecular weight excluding hydrogens is 248 g/mol. The van der Waals surface area contributed by atoms with Crippen LogP contribution in [0.25, 0.3) is 0 Å². The molecule has 1 amide bonds. The van der Waals surface area contributed by atoms with Gasteiger partial charge in [-0.1, -0.05) is 26.7 Å². The molecule has 3 nitrogen and oxygen atoms in total. The van der Waals surface area contributed by atoms with Gasteiger partial charge in [0.05, 0.1) is 0 Å². The van der Waals surface area contributed by atoms with Crippen LogP contribution in [0.2, 0.25) is 0 Å². The highest BCUT2D eigenvalue weighted by Crippen LogP contribution is 2.21. The van der Waals surface area contributed by atoms with Gasteiger partial charge in [-0.15, -0.1) is 12.4 Å². The van der Waals surface area contributed by atoms with Crippen molar-refractivity contribution < 1.29 is 4.79 Å². The number of halogens is 1. The van der Waals surface area contributed by atoms with E-state index in [1.165, 1.54) is 25.7 Å². The number of carbonyl (C=O) groups is 1. The first-order valence-corrected chi connectivity index (χ1v) is 7.23. The van der Waals surface area contributed by atoms with Crippen LogP contribution in [0.15, 0.2) is 0 Å². The largest absolute Gasteiger partial charge is 0.341 e. The van der Waals surface area contributed by atoms with Crippen molar-refractivity contribution in [2.75, 3.05) is 13.1 Å². The number of nitrogens with zero attached hydrogens (tertiary/aromatic N) is 1. The molecule has 3 unspecified atom stereocenters. The highest BCUT2D eigenvalue weighted by molar-refractivity contribution is 5.85. The fourth-order valence-electron chi connectivity index (χ4n) is 3.19. The van der Waals surface area contributed by atoms with E-state index in [0.29, 0.717) is 23.9 Å². The predicted octanol–water partition coefficient (Wildman–Crippen LogP) is 2.59. The molecule has 3 atom stereocenters. The van der Waals surface area contributed by atoms with Gasteiger partial charge in [-0.25, -0.2) is 0 Å². The maximum Gasteiger partial charge on any atom is 0.222 e. The van der Waals surface area contributed by atoms with Crippen molar-refractivity contribution in [3.63, 3.8) is 0 Å². The lowest BCUT2D eigenvalue weighted by atomic mass is 10.0. The minimum Gasteiger partial charge on any atom is -0.341 e. The summed E-state index contributed by atoms with van der Waals surface area (Å²) >= 11 is 0. The van der Waals surface area contributed by atoms with Crippen LogP contribution < -0.4 is 5.32 Å². The Morgan fingerprint density at radius 1 is 1.33 bits per heavy atom. The molecule has 2 saturated heterocycles. The molecule has 18 heavy (non-hydrogen) atoms. The van der Waals surface area contributed by atoms with Gasteiger partial charge in [-0.05, 0) is 25.2 Å². The summed E-state index contributed by atoms with van der Waals surface area (Å²) in [6.07, 6.45) is 6.79. The Bertz CT molecular complexity index is 273. The standard InChI is InChI=1S/C14H26N2O.ClH/c1-3-4-11(2)9-14(17)16-8-7-12-5-6-13(10-16)15-12;/h11-13,15H,3-10H2,1-2H3;1H. The molecule has 0 aromatic carbocycles. The van der Waals surface area contributed by atoms with Gasteiger partial charge in [-0.2, -0.15) is 0 Å². The summed E-state index contributed by atoms with van der Waals surface area (Å²) in [5.74, 6) is 0.918. The lowest BCUT2D eigenvalue weighted by Gasteiger charge is -2.25. The second-order valence-corrected chi connectivity index (χ2v) is 5.86. The summed E-state index contributed by atoms with van der Waals surface area (Å²) in [6, 6.07) is 1.23. The Morgan fingerprint density at radius 2 is 2.06 bits per heavy atom. The second-order valence-electron chi connectivity index (χ2n) is 5.86. The molecule has 2 fully saturated rings.